The van der Waals surface area contributed by atoms with E-state index in [0.29, 0.717) is 0 Å². The van der Waals surface area contributed by atoms with Crippen molar-refractivity contribution >= 4 is 10.8 Å². The third-order valence-electron chi connectivity index (χ3n) is 3.12. The molecule has 0 saturated carbocycles. The minimum atomic E-state index is 0.105. The average Bonchev–Trinajstić information content (AvgIpc) is 2.36. The van der Waals surface area contributed by atoms with Gasteiger partial charge in [-0.25, -0.2) is 0 Å². The summed E-state index contributed by atoms with van der Waals surface area (Å²) >= 11 is 0. The predicted molar refractivity (Wildman–Crippen MR) is 80.6 cm³/mol. The molecule has 1 aromatic heterocycles. The summed E-state index contributed by atoms with van der Waals surface area (Å²) in [6.07, 6.45) is 2.84. The summed E-state index contributed by atoms with van der Waals surface area (Å²) in [5.74, 6) is 0. The second-order valence-electron chi connectivity index (χ2n) is 5.93. The SMILES string of the molecule is CC(C)(C)NCCCn1ccc2ccccc2c1=O. The van der Waals surface area contributed by atoms with E-state index in [1.807, 2.05) is 36.5 Å². The van der Waals surface area contributed by atoms with Crippen LogP contribution >= 0.6 is 0 Å². The molecule has 0 spiro atoms. The molecule has 1 heterocycles. The van der Waals surface area contributed by atoms with Crippen LogP contribution in [-0.2, 0) is 6.54 Å². The molecule has 0 amide bonds. The Labute approximate surface area is 114 Å². The van der Waals surface area contributed by atoms with Gasteiger partial charge >= 0.3 is 0 Å². The van der Waals surface area contributed by atoms with E-state index in [2.05, 4.69) is 26.1 Å². The number of aryl methyl sites for hydroxylation is 1. The first-order chi connectivity index (χ1) is 8.97. The van der Waals surface area contributed by atoms with Crippen molar-refractivity contribution in [1.82, 2.24) is 9.88 Å². The normalized spacial score (nSPS) is 11.9. The van der Waals surface area contributed by atoms with Gasteiger partial charge in [-0.1, -0.05) is 18.2 Å². The van der Waals surface area contributed by atoms with Crippen LogP contribution in [0.2, 0.25) is 0 Å². The molecule has 3 nitrogen and oxygen atoms in total. The first-order valence-electron chi connectivity index (χ1n) is 6.81. The molecule has 0 unspecified atom stereocenters. The average molecular weight is 258 g/mol. The number of hydrogen-bond acceptors (Lipinski definition) is 2. The lowest BCUT2D eigenvalue weighted by molar-refractivity contribution is 0.412. The van der Waals surface area contributed by atoms with E-state index in [0.717, 1.165) is 30.3 Å². The molecule has 102 valence electrons. The van der Waals surface area contributed by atoms with Gasteiger partial charge < -0.3 is 9.88 Å². The van der Waals surface area contributed by atoms with Crippen LogP contribution in [0.3, 0.4) is 0 Å². The lowest BCUT2D eigenvalue weighted by Crippen LogP contribution is -2.37. The molecule has 0 fully saturated rings. The maximum atomic E-state index is 12.3. The molecule has 3 heteroatoms. The van der Waals surface area contributed by atoms with Crippen molar-refractivity contribution in [1.29, 1.82) is 0 Å². The van der Waals surface area contributed by atoms with E-state index in [9.17, 15) is 4.79 Å². The molecule has 2 rings (SSSR count). The third-order valence-corrected chi connectivity index (χ3v) is 3.12. The van der Waals surface area contributed by atoms with E-state index in [1.54, 1.807) is 4.57 Å². The van der Waals surface area contributed by atoms with Crippen molar-refractivity contribution in [3.8, 4) is 0 Å². The lowest BCUT2D eigenvalue weighted by Gasteiger charge is -2.20. The second kappa shape index (κ2) is 5.57. The quantitative estimate of drug-likeness (QED) is 0.856. The lowest BCUT2D eigenvalue weighted by atomic mass is 10.1. The second-order valence-corrected chi connectivity index (χ2v) is 5.93. The van der Waals surface area contributed by atoms with Crippen LogP contribution in [0, 0.1) is 0 Å². The number of benzene rings is 1. The van der Waals surface area contributed by atoms with Gasteiger partial charge in [-0.05, 0) is 51.3 Å². The smallest absolute Gasteiger partial charge is 0.258 e. The summed E-state index contributed by atoms with van der Waals surface area (Å²) in [6.45, 7) is 8.12. The fourth-order valence-electron chi connectivity index (χ4n) is 2.12. The number of fused-ring (bicyclic) bond motifs is 1. The van der Waals surface area contributed by atoms with Crippen molar-refractivity contribution < 1.29 is 0 Å². The van der Waals surface area contributed by atoms with Gasteiger partial charge in [-0.3, -0.25) is 4.79 Å². The topological polar surface area (TPSA) is 34.0 Å². The minimum absolute atomic E-state index is 0.105. The number of nitrogens with zero attached hydrogens (tertiary/aromatic N) is 1. The molecule has 1 N–H and O–H groups in total. The molecular weight excluding hydrogens is 236 g/mol. The van der Waals surface area contributed by atoms with Crippen LogP contribution in [0.15, 0.2) is 41.3 Å². The van der Waals surface area contributed by atoms with E-state index >= 15 is 0 Å². The summed E-state index contributed by atoms with van der Waals surface area (Å²) in [7, 11) is 0. The van der Waals surface area contributed by atoms with Crippen LogP contribution in [0.4, 0.5) is 0 Å². The number of nitrogens with one attached hydrogen (secondary N) is 1. The molecule has 0 aliphatic heterocycles. The van der Waals surface area contributed by atoms with Gasteiger partial charge in [0.1, 0.15) is 0 Å². The van der Waals surface area contributed by atoms with Crippen molar-refractivity contribution in [3.05, 3.63) is 46.9 Å². The zero-order valence-electron chi connectivity index (χ0n) is 11.9. The predicted octanol–water partition coefficient (Wildman–Crippen LogP) is 2.78. The Balaban J connectivity index is 2.06. The van der Waals surface area contributed by atoms with Crippen LogP contribution in [-0.4, -0.2) is 16.7 Å². The van der Waals surface area contributed by atoms with Gasteiger partial charge in [0.25, 0.3) is 5.56 Å². The molecule has 0 atom stereocenters. The molecular formula is C16H22N2O. The summed E-state index contributed by atoms with van der Waals surface area (Å²) in [4.78, 5) is 12.3. The van der Waals surface area contributed by atoms with Crippen molar-refractivity contribution in [2.45, 2.75) is 39.3 Å². The monoisotopic (exact) mass is 258 g/mol. The van der Waals surface area contributed by atoms with Crippen LogP contribution in [0.25, 0.3) is 10.8 Å². The van der Waals surface area contributed by atoms with Crippen molar-refractivity contribution in [2.75, 3.05) is 6.54 Å². The molecule has 1 aromatic carbocycles. The number of rotatable bonds is 4. The standard InChI is InChI=1S/C16H22N2O/c1-16(2,3)17-10-6-11-18-12-9-13-7-4-5-8-14(13)15(18)19/h4-5,7-9,12,17H,6,10-11H2,1-3H3. The Morgan fingerprint density at radius 1 is 1.16 bits per heavy atom. The van der Waals surface area contributed by atoms with E-state index in [4.69, 9.17) is 0 Å². The third kappa shape index (κ3) is 3.67. The molecule has 0 radical (unpaired) electrons. The molecule has 19 heavy (non-hydrogen) atoms. The van der Waals surface area contributed by atoms with E-state index in [1.165, 1.54) is 0 Å². The van der Waals surface area contributed by atoms with Crippen LogP contribution < -0.4 is 10.9 Å². The first-order valence-corrected chi connectivity index (χ1v) is 6.81. The van der Waals surface area contributed by atoms with Gasteiger partial charge in [0.05, 0.1) is 0 Å². The molecule has 0 bridgehead atoms. The molecule has 0 saturated heterocycles. The fourth-order valence-corrected chi connectivity index (χ4v) is 2.12. The number of hydrogen-bond donors (Lipinski definition) is 1. The van der Waals surface area contributed by atoms with Gasteiger partial charge in [0.15, 0.2) is 0 Å². The van der Waals surface area contributed by atoms with Gasteiger partial charge in [-0.15, -0.1) is 0 Å². The Bertz CT molecular complexity index is 608. The zero-order chi connectivity index (χ0) is 13.9. The first kappa shape index (κ1) is 13.8. The molecule has 0 aliphatic rings. The van der Waals surface area contributed by atoms with Crippen LogP contribution in [0.5, 0.6) is 0 Å². The van der Waals surface area contributed by atoms with Gasteiger partial charge in [0.2, 0.25) is 0 Å². The Kier molecular flexibility index (Phi) is 4.05. The Morgan fingerprint density at radius 2 is 1.89 bits per heavy atom. The number of pyridine rings is 1. The summed E-state index contributed by atoms with van der Waals surface area (Å²) in [6, 6.07) is 9.74. The highest BCUT2D eigenvalue weighted by molar-refractivity contribution is 5.81. The van der Waals surface area contributed by atoms with Crippen molar-refractivity contribution in [2.24, 2.45) is 0 Å². The highest BCUT2D eigenvalue weighted by Gasteiger charge is 2.07. The van der Waals surface area contributed by atoms with Gasteiger partial charge in [-0.2, -0.15) is 0 Å². The summed E-state index contributed by atoms with van der Waals surface area (Å²) in [5, 5.41) is 5.24. The Morgan fingerprint density at radius 3 is 2.63 bits per heavy atom. The highest BCUT2D eigenvalue weighted by atomic mass is 16.1. The highest BCUT2D eigenvalue weighted by Crippen LogP contribution is 2.08. The largest absolute Gasteiger partial charge is 0.315 e. The van der Waals surface area contributed by atoms with E-state index in [-0.39, 0.29) is 11.1 Å². The summed E-state index contributed by atoms with van der Waals surface area (Å²) in [5.41, 5.74) is 0.239. The minimum Gasteiger partial charge on any atom is -0.315 e. The Hall–Kier alpha value is -1.61. The van der Waals surface area contributed by atoms with Crippen LogP contribution in [0.1, 0.15) is 27.2 Å². The maximum Gasteiger partial charge on any atom is 0.258 e. The molecule has 0 aliphatic carbocycles. The molecule has 2 aromatic rings. The van der Waals surface area contributed by atoms with Gasteiger partial charge in [0, 0.05) is 23.7 Å². The summed E-state index contributed by atoms with van der Waals surface area (Å²) < 4.78 is 1.80. The van der Waals surface area contributed by atoms with E-state index < -0.39 is 0 Å². The zero-order valence-corrected chi connectivity index (χ0v) is 11.9. The maximum absolute atomic E-state index is 12.3. The number of aromatic nitrogens is 1. The fraction of sp³-hybridized carbons (Fsp3) is 0.438. The van der Waals surface area contributed by atoms with Crippen molar-refractivity contribution in [3.63, 3.8) is 0 Å².